The van der Waals surface area contributed by atoms with E-state index in [-0.39, 0.29) is 17.9 Å². The normalized spacial score (nSPS) is 24.7. The van der Waals surface area contributed by atoms with E-state index in [9.17, 15) is 9.90 Å². The second-order valence-corrected chi connectivity index (χ2v) is 5.73. The molecular weight excluding hydrogens is 244 g/mol. The fourth-order valence-electron chi connectivity index (χ4n) is 2.32. The second-order valence-electron chi connectivity index (χ2n) is 5.73. The molecule has 3 N–H and O–H groups in total. The lowest BCUT2D eigenvalue weighted by Crippen LogP contribution is -2.45. The van der Waals surface area contributed by atoms with E-state index < -0.39 is 6.10 Å². The summed E-state index contributed by atoms with van der Waals surface area (Å²) in [5.74, 6) is 0.271. The first kappa shape index (κ1) is 16.4. The van der Waals surface area contributed by atoms with E-state index >= 15 is 0 Å². The molecule has 1 aliphatic rings. The number of hydrogen-bond donors (Lipinski definition) is 3. The number of rotatable bonds is 8. The van der Waals surface area contributed by atoms with Crippen LogP contribution in [0.25, 0.3) is 0 Å². The summed E-state index contributed by atoms with van der Waals surface area (Å²) in [6, 6.07) is 0.0993. The van der Waals surface area contributed by atoms with Crippen molar-refractivity contribution in [2.75, 3.05) is 26.3 Å². The van der Waals surface area contributed by atoms with Crippen LogP contribution in [0.5, 0.6) is 0 Å². The molecule has 0 bridgehead atoms. The van der Waals surface area contributed by atoms with Crippen LogP contribution in [-0.2, 0) is 9.53 Å². The maximum atomic E-state index is 12.1. The first-order valence-corrected chi connectivity index (χ1v) is 7.31. The van der Waals surface area contributed by atoms with E-state index in [2.05, 4.69) is 31.4 Å². The Morgan fingerprint density at radius 3 is 2.79 bits per heavy atom. The van der Waals surface area contributed by atoms with Crippen molar-refractivity contribution < 1.29 is 14.6 Å². The zero-order valence-electron chi connectivity index (χ0n) is 12.3. The maximum Gasteiger partial charge on any atom is 0.227 e. The Morgan fingerprint density at radius 1 is 1.42 bits per heavy atom. The number of amides is 1. The summed E-state index contributed by atoms with van der Waals surface area (Å²) in [5, 5.41) is 15.9. The summed E-state index contributed by atoms with van der Waals surface area (Å²) >= 11 is 0. The van der Waals surface area contributed by atoms with Crippen LogP contribution in [0.15, 0.2) is 0 Å². The van der Waals surface area contributed by atoms with E-state index in [0.717, 1.165) is 13.0 Å². The van der Waals surface area contributed by atoms with Gasteiger partial charge < -0.3 is 20.5 Å². The van der Waals surface area contributed by atoms with Gasteiger partial charge in [-0.05, 0) is 25.3 Å². The summed E-state index contributed by atoms with van der Waals surface area (Å²) in [6.45, 7) is 8.49. The van der Waals surface area contributed by atoms with Crippen molar-refractivity contribution in [1.29, 1.82) is 0 Å². The number of carbonyl (C=O) groups is 1. The van der Waals surface area contributed by atoms with Crippen LogP contribution in [0, 0.1) is 11.8 Å². The number of hydrogen-bond acceptors (Lipinski definition) is 4. The molecule has 1 rings (SSSR count). The number of aliphatic hydroxyl groups excluding tert-OH is 1. The largest absolute Gasteiger partial charge is 0.391 e. The quantitative estimate of drug-likeness (QED) is 0.602. The van der Waals surface area contributed by atoms with Crippen molar-refractivity contribution >= 4 is 5.91 Å². The van der Waals surface area contributed by atoms with Gasteiger partial charge in [-0.15, -0.1) is 0 Å². The molecule has 0 saturated carbocycles. The fraction of sp³-hybridized carbons (Fsp3) is 0.929. The van der Waals surface area contributed by atoms with Gasteiger partial charge in [0.05, 0.1) is 25.2 Å². The molecule has 1 aliphatic heterocycles. The summed E-state index contributed by atoms with van der Waals surface area (Å²) in [7, 11) is 0. The van der Waals surface area contributed by atoms with Crippen LogP contribution in [0.2, 0.25) is 0 Å². The smallest absolute Gasteiger partial charge is 0.227 e. The van der Waals surface area contributed by atoms with Gasteiger partial charge in [-0.2, -0.15) is 0 Å². The van der Waals surface area contributed by atoms with Gasteiger partial charge in [0.15, 0.2) is 0 Å². The topological polar surface area (TPSA) is 70.6 Å². The Bertz CT molecular complexity index is 271. The molecule has 0 radical (unpaired) electrons. The molecule has 0 spiro atoms. The highest BCUT2D eigenvalue weighted by atomic mass is 16.5. The van der Waals surface area contributed by atoms with Gasteiger partial charge in [0.1, 0.15) is 0 Å². The van der Waals surface area contributed by atoms with E-state index in [1.807, 2.05) is 0 Å². The number of nitrogens with one attached hydrogen (secondary N) is 2. The minimum Gasteiger partial charge on any atom is -0.391 e. The molecule has 0 aliphatic carbocycles. The van der Waals surface area contributed by atoms with Gasteiger partial charge >= 0.3 is 0 Å². The van der Waals surface area contributed by atoms with Crippen LogP contribution in [0.3, 0.4) is 0 Å². The molecular formula is C14H28N2O3. The average Bonchev–Trinajstić information content (AvgIpc) is 2.80. The predicted octanol–water partition coefficient (Wildman–Crippen LogP) is 0.524. The average molecular weight is 272 g/mol. The summed E-state index contributed by atoms with van der Waals surface area (Å²) in [4.78, 5) is 12.1. The monoisotopic (exact) mass is 272 g/mol. The van der Waals surface area contributed by atoms with Gasteiger partial charge in [-0.25, -0.2) is 0 Å². The van der Waals surface area contributed by atoms with E-state index in [4.69, 9.17) is 4.74 Å². The predicted molar refractivity (Wildman–Crippen MR) is 74.9 cm³/mol. The fourth-order valence-corrected chi connectivity index (χ4v) is 2.32. The number of ether oxygens (including phenoxy) is 1. The highest BCUT2D eigenvalue weighted by molar-refractivity contribution is 5.79. The molecule has 0 aromatic rings. The Balaban J connectivity index is 2.31. The lowest BCUT2D eigenvalue weighted by molar-refractivity contribution is -0.125. The van der Waals surface area contributed by atoms with Gasteiger partial charge in [0.25, 0.3) is 0 Å². The molecule has 3 atom stereocenters. The summed E-state index contributed by atoms with van der Waals surface area (Å²) < 4.78 is 5.37. The van der Waals surface area contributed by atoms with Gasteiger partial charge in [0, 0.05) is 12.6 Å². The maximum absolute atomic E-state index is 12.1. The van der Waals surface area contributed by atoms with E-state index in [1.54, 1.807) is 0 Å². The van der Waals surface area contributed by atoms with Crippen LogP contribution in [0.4, 0.5) is 0 Å². The van der Waals surface area contributed by atoms with Gasteiger partial charge in [-0.1, -0.05) is 20.8 Å². The molecule has 112 valence electrons. The first-order chi connectivity index (χ1) is 9.04. The lowest BCUT2D eigenvalue weighted by Gasteiger charge is -2.20. The van der Waals surface area contributed by atoms with Crippen LogP contribution in [-0.4, -0.2) is 49.5 Å². The third-order valence-corrected chi connectivity index (χ3v) is 3.33. The Labute approximate surface area is 116 Å². The van der Waals surface area contributed by atoms with E-state index in [0.29, 0.717) is 32.1 Å². The van der Waals surface area contributed by atoms with Crippen molar-refractivity contribution in [3.8, 4) is 0 Å². The lowest BCUT2D eigenvalue weighted by atomic mass is 10.0. The summed E-state index contributed by atoms with van der Waals surface area (Å²) in [6.07, 6.45) is 1.28. The Morgan fingerprint density at radius 2 is 2.16 bits per heavy atom. The zero-order valence-corrected chi connectivity index (χ0v) is 12.3. The van der Waals surface area contributed by atoms with Crippen molar-refractivity contribution in [1.82, 2.24) is 10.6 Å². The van der Waals surface area contributed by atoms with Gasteiger partial charge in [0.2, 0.25) is 5.91 Å². The first-order valence-electron chi connectivity index (χ1n) is 7.31. The van der Waals surface area contributed by atoms with Crippen molar-refractivity contribution in [3.05, 3.63) is 0 Å². The molecule has 5 nitrogen and oxygen atoms in total. The molecule has 1 saturated heterocycles. The number of carbonyl (C=O) groups excluding carboxylic acids is 1. The van der Waals surface area contributed by atoms with E-state index in [1.165, 1.54) is 0 Å². The highest BCUT2D eigenvalue weighted by Gasteiger charge is 2.33. The molecule has 3 unspecified atom stereocenters. The zero-order chi connectivity index (χ0) is 14.3. The molecule has 1 amide bonds. The Hall–Kier alpha value is -0.650. The van der Waals surface area contributed by atoms with Crippen LogP contribution >= 0.6 is 0 Å². The molecule has 0 aromatic heterocycles. The third kappa shape index (κ3) is 5.89. The van der Waals surface area contributed by atoms with Crippen molar-refractivity contribution in [2.45, 2.75) is 45.8 Å². The van der Waals surface area contributed by atoms with Crippen molar-refractivity contribution in [3.63, 3.8) is 0 Å². The minimum absolute atomic E-state index is 0.0195. The van der Waals surface area contributed by atoms with Crippen LogP contribution in [0.1, 0.15) is 33.6 Å². The molecule has 0 aromatic carbocycles. The molecule has 5 heteroatoms. The van der Waals surface area contributed by atoms with Crippen LogP contribution < -0.4 is 10.6 Å². The summed E-state index contributed by atoms with van der Waals surface area (Å²) in [5.41, 5.74) is 0. The van der Waals surface area contributed by atoms with Crippen molar-refractivity contribution in [2.24, 2.45) is 11.8 Å². The minimum atomic E-state index is -0.465. The SMILES string of the molecule is CCCNC1COCC1C(=O)NCC(O)CC(C)C. The third-order valence-electron chi connectivity index (χ3n) is 3.33. The highest BCUT2D eigenvalue weighted by Crippen LogP contribution is 2.14. The standard InChI is InChI=1S/C14H28N2O3/c1-4-5-15-13-9-19-8-12(13)14(18)16-7-11(17)6-10(2)3/h10-13,15,17H,4-9H2,1-3H3,(H,16,18). The number of aliphatic hydroxyl groups is 1. The molecule has 1 heterocycles. The molecule has 19 heavy (non-hydrogen) atoms. The Kier molecular flexibility index (Phi) is 7.34. The molecule has 1 fully saturated rings. The van der Waals surface area contributed by atoms with Gasteiger partial charge in [-0.3, -0.25) is 4.79 Å². The second kappa shape index (κ2) is 8.51.